The SMILES string of the molecule is CNc1cc(C(=O)Cl)nc(C)n1. The predicted octanol–water partition coefficient (Wildman–Crippen LogP) is 1.21. The average Bonchev–Trinajstić information content (AvgIpc) is 2.03. The lowest BCUT2D eigenvalue weighted by molar-refractivity contribution is 0.107. The number of aromatic nitrogens is 2. The van der Waals surface area contributed by atoms with Crippen LogP contribution in [0.25, 0.3) is 0 Å². The van der Waals surface area contributed by atoms with Gasteiger partial charge < -0.3 is 5.32 Å². The minimum Gasteiger partial charge on any atom is -0.373 e. The fraction of sp³-hybridized carbons (Fsp3) is 0.286. The fourth-order valence-corrected chi connectivity index (χ4v) is 0.893. The number of hydrogen-bond donors (Lipinski definition) is 1. The Labute approximate surface area is 75.0 Å². The Balaban J connectivity index is 3.15. The maximum Gasteiger partial charge on any atom is 0.271 e. The molecular weight excluding hydrogens is 178 g/mol. The van der Waals surface area contributed by atoms with Crippen LogP contribution in [-0.2, 0) is 0 Å². The molecule has 0 radical (unpaired) electrons. The highest BCUT2D eigenvalue weighted by atomic mass is 35.5. The molecule has 0 unspecified atom stereocenters. The topological polar surface area (TPSA) is 54.9 Å². The molecule has 0 aliphatic heterocycles. The van der Waals surface area contributed by atoms with Crippen molar-refractivity contribution in [2.75, 3.05) is 12.4 Å². The van der Waals surface area contributed by atoms with Crippen molar-refractivity contribution >= 4 is 22.7 Å². The van der Waals surface area contributed by atoms with E-state index >= 15 is 0 Å². The van der Waals surface area contributed by atoms with Crippen molar-refractivity contribution in [3.05, 3.63) is 17.6 Å². The highest BCUT2D eigenvalue weighted by molar-refractivity contribution is 6.67. The monoisotopic (exact) mass is 185 g/mol. The average molecular weight is 186 g/mol. The summed E-state index contributed by atoms with van der Waals surface area (Å²) in [6.45, 7) is 1.70. The van der Waals surface area contributed by atoms with Crippen LogP contribution in [0.15, 0.2) is 6.07 Å². The largest absolute Gasteiger partial charge is 0.373 e. The maximum absolute atomic E-state index is 10.7. The summed E-state index contributed by atoms with van der Waals surface area (Å²) in [5.74, 6) is 1.11. The Kier molecular flexibility index (Phi) is 2.60. The zero-order valence-electron chi connectivity index (χ0n) is 6.76. The van der Waals surface area contributed by atoms with Gasteiger partial charge in [0.15, 0.2) is 0 Å². The number of carbonyl (C=O) groups is 1. The minimum atomic E-state index is -0.572. The van der Waals surface area contributed by atoms with Gasteiger partial charge in [-0.25, -0.2) is 9.97 Å². The van der Waals surface area contributed by atoms with E-state index in [0.717, 1.165) is 0 Å². The van der Waals surface area contributed by atoms with Crippen molar-refractivity contribution in [1.82, 2.24) is 9.97 Å². The first-order valence-electron chi connectivity index (χ1n) is 3.36. The molecule has 4 nitrogen and oxygen atoms in total. The number of aryl methyl sites for hydroxylation is 1. The number of rotatable bonds is 2. The highest BCUT2D eigenvalue weighted by Crippen LogP contribution is 2.07. The van der Waals surface area contributed by atoms with Crippen LogP contribution >= 0.6 is 11.6 Å². The first kappa shape index (κ1) is 8.93. The minimum absolute atomic E-state index is 0.216. The number of carbonyl (C=O) groups excluding carboxylic acids is 1. The van der Waals surface area contributed by atoms with Gasteiger partial charge in [0.25, 0.3) is 5.24 Å². The van der Waals surface area contributed by atoms with Crippen molar-refractivity contribution in [2.24, 2.45) is 0 Å². The first-order chi connectivity index (χ1) is 5.63. The molecule has 0 saturated carbocycles. The molecule has 5 heteroatoms. The third-order valence-electron chi connectivity index (χ3n) is 1.30. The number of anilines is 1. The van der Waals surface area contributed by atoms with Crippen molar-refractivity contribution in [1.29, 1.82) is 0 Å². The molecule has 12 heavy (non-hydrogen) atoms. The van der Waals surface area contributed by atoms with E-state index in [4.69, 9.17) is 11.6 Å². The van der Waals surface area contributed by atoms with Gasteiger partial charge in [0.05, 0.1) is 0 Å². The fourth-order valence-electron chi connectivity index (χ4n) is 0.796. The number of nitrogens with zero attached hydrogens (tertiary/aromatic N) is 2. The molecule has 1 aromatic rings. The summed E-state index contributed by atoms with van der Waals surface area (Å²) in [7, 11) is 1.71. The van der Waals surface area contributed by atoms with Crippen LogP contribution in [0.1, 0.15) is 16.3 Å². The predicted molar refractivity (Wildman–Crippen MR) is 46.5 cm³/mol. The van der Waals surface area contributed by atoms with E-state index in [2.05, 4.69) is 15.3 Å². The van der Waals surface area contributed by atoms with Gasteiger partial charge in [-0.15, -0.1) is 0 Å². The van der Waals surface area contributed by atoms with E-state index in [9.17, 15) is 4.79 Å². The van der Waals surface area contributed by atoms with Gasteiger partial charge in [0, 0.05) is 13.1 Å². The van der Waals surface area contributed by atoms with Crippen LogP contribution in [-0.4, -0.2) is 22.3 Å². The van der Waals surface area contributed by atoms with Crippen molar-refractivity contribution in [3.63, 3.8) is 0 Å². The van der Waals surface area contributed by atoms with E-state index in [1.54, 1.807) is 14.0 Å². The van der Waals surface area contributed by atoms with Crippen LogP contribution in [0, 0.1) is 6.92 Å². The second-order valence-electron chi connectivity index (χ2n) is 2.21. The van der Waals surface area contributed by atoms with E-state index in [1.807, 2.05) is 0 Å². The Morgan fingerprint density at radius 1 is 1.58 bits per heavy atom. The molecule has 1 heterocycles. The lowest BCUT2D eigenvalue weighted by atomic mass is 10.4. The molecule has 0 spiro atoms. The Hall–Kier alpha value is -1.16. The van der Waals surface area contributed by atoms with Crippen LogP contribution in [0.4, 0.5) is 5.82 Å². The number of hydrogen-bond acceptors (Lipinski definition) is 4. The first-order valence-corrected chi connectivity index (χ1v) is 3.74. The zero-order valence-corrected chi connectivity index (χ0v) is 7.51. The van der Waals surface area contributed by atoms with Crippen LogP contribution in [0.3, 0.4) is 0 Å². The molecule has 0 amide bonds. The Morgan fingerprint density at radius 3 is 2.75 bits per heavy atom. The van der Waals surface area contributed by atoms with Crippen molar-refractivity contribution in [2.45, 2.75) is 6.92 Å². The van der Waals surface area contributed by atoms with E-state index in [0.29, 0.717) is 11.6 Å². The van der Waals surface area contributed by atoms with E-state index in [-0.39, 0.29) is 5.69 Å². The molecular formula is C7H8ClN3O. The van der Waals surface area contributed by atoms with Gasteiger partial charge in [-0.3, -0.25) is 4.79 Å². The van der Waals surface area contributed by atoms with Crippen LogP contribution in [0.5, 0.6) is 0 Å². The molecule has 0 bridgehead atoms. The molecule has 0 atom stereocenters. The van der Waals surface area contributed by atoms with E-state index in [1.165, 1.54) is 6.07 Å². The second kappa shape index (κ2) is 3.49. The number of halogens is 1. The third kappa shape index (κ3) is 1.92. The summed E-state index contributed by atoms with van der Waals surface area (Å²) in [6, 6.07) is 1.50. The lowest BCUT2D eigenvalue weighted by Gasteiger charge is -2.01. The van der Waals surface area contributed by atoms with Crippen LogP contribution in [0.2, 0.25) is 0 Å². The Bertz CT molecular complexity index is 314. The van der Waals surface area contributed by atoms with E-state index < -0.39 is 5.24 Å². The molecule has 0 saturated heterocycles. The molecule has 0 fully saturated rings. The molecule has 64 valence electrons. The molecule has 0 aliphatic carbocycles. The van der Waals surface area contributed by atoms with Crippen molar-refractivity contribution < 1.29 is 4.79 Å². The molecule has 0 aromatic carbocycles. The van der Waals surface area contributed by atoms with Gasteiger partial charge in [-0.2, -0.15) is 0 Å². The standard InChI is InChI=1S/C7H8ClN3O/c1-4-10-5(7(8)12)3-6(9-2)11-4/h3H,1-2H3,(H,9,10,11). The zero-order chi connectivity index (χ0) is 9.14. The Morgan fingerprint density at radius 2 is 2.25 bits per heavy atom. The summed E-state index contributed by atoms with van der Waals surface area (Å²) in [5, 5.41) is 2.23. The molecule has 0 aliphatic rings. The van der Waals surface area contributed by atoms with Crippen molar-refractivity contribution in [3.8, 4) is 0 Å². The van der Waals surface area contributed by atoms with Gasteiger partial charge in [0.2, 0.25) is 0 Å². The van der Waals surface area contributed by atoms with Gasteiger partial charge in [0.1, 0.15) is 17.3 Å². The quantitative estimate of drug-likeness (QED) is 0.704. The smallest absolute Gasteiger partial charge is 0.271 e. The number of nitrogens with one attached hydrogen (secondary N) is 1. The summed E-state index contributed by atoms with van der Waals surface area (Å²) in [5.41, 5.74) is 0.216. The van der Waals surface area contributed by atoms with Crippen LogP contribution < -0.4 is 5.32 Å². The summed E-state index contributed by atoms with van der Waals surface area (Å²) < 4.78 is 0. The van der Waals surface area contributed by atoms with Gasteiger partial charge >= 0.3 is 0 Å². The summed E-state index contributed by atoms with van der Waals surface area (Å²) >= 11 is 5.25. The summed E-state index contributed by atoms with van der Waals surface area (Å²) in [6.07, 6.45) is 0. The summed E-state index contributed by atoms with van der Waals surface area (Å²) in [4.78, 5) is 18.6. The maximum atomic E-state index is 10.7. The normalized spacial score (nSPS) is 9.58. The molecule has 1 aromatic heterocycles. The second-order valence-corrected chi connectivity index (χ2v) is 2.55. The highest BCUT2D eigenvalue weighted by Gasteiger charge is 2.05. The molecule has 1 N–H and O–H groups in total. The third-order valence-corrected chi connectivity index (χ3v) is 1.49. The molecule has 1 rings (SSSR count). The van der Waals surface area contributed by atoms with Gasteiger partial charge in [-0.1, -0.05) is 0 Å². The lowest BCUT2D eigenvalue weighted by Crippen LogP contribution is -2.02. The van der Waals surface area contributed by atoms with Gasteiger partial charge in [-0.05, 0) is 18.5 Å².